The molecule has 0 aliphatic carbocycles. The van der Waals surface area contributed by atoms with E-state index in [2.05, 4.69) is 17.1 Å². The number of fused-ring (bicyclic) bond motifs is 1. The molecule has 0 fully saturated rings. The number of hydrogen-bond acceptors (Lipinski definition) is 2. The molecule has 1 atom stereocenters. The van der Waals surface area contributed by atoms with E-state index in [1.165, 1.54) is 0 Å². The van der Waals surface area contributed by atoms with Crippen LogP contribution in [0.2, 0.25) is 0 Å². The van der Waals surface area contributed by atoms with Gasteiger partial charge in [0.2, 0.25) is 0 Å². The van der Waals surface area contributed by atoms with Gasteiger partial charge in [-0.2, -0.15) is 0 Å². The first kappa shape index (κ1) is 12.8. The van der Waals surface area contributed by atoms with E-state index in [1.807, 2.05) is 43.3 Å². The molecule has 1 heterocycles. The Morgan fingerprint density at radius 3 is 2.50 bits per heavy atom. The zero-order valence-electron chi connectivity index (χ0n) is 11.7. The summed E-state index contributed by atoms with van der Waals surface area (Å²) in [6, 6.07) is 16.2. The number of benzene rings is 2. The quantitative estimate of drug-likeness (QED) is 0.756. The summed E-state index contributed by atoms with van der Waals surface area (Å²) in [7, 11) is 1.68. The van der Waals surface area contributed by atoms with Crippen LogP contribution in [-0.4, -0.2) is 12.1 Å². The van der Waals surface area contributed by atoms with E-state index < -0.39 is 0 Å². The van der Waals surface area contributed by atoms with Crippen LogP contribution in [0.1, 0.15) is 18.5 Å². The zero-order valence-corrected chi connectivity index (χ0v) is 11.7. The standard InChI is InChI=1S/C17H18N2O/c1-11(18)16-14-10-13(20-2)8-9-15(14)19-17(16)12-6-4-3-5-7-12/h3-11,19H,18H2,1-2H3. The second kappa shape index (κ2) is 5.02. The van der Waals surface area contributed by atoms with Gasteiger partial charge in [0.05, 0.1) is 12.8 Å². The lowest BCUT2D eigenvalue weighted by molar-refractivity contribution is 0.415. The first-order chi connectivity index (χ1) is 9.70. The van der Waals surface area contributed by atoms with Crippen molar-refractivity contribution in [3.63, 3.8) is 0 Å². The zero-order chi connectivity index (χ0) is 14.1. The van der Waals surface area contributed by atoms with Gasteiger partial charge in [0.15, 0.2) is 0 Å². The van der Waals surface area contributed by atoms with Crippen molar-refractivity contribution in [2.24, 2.45) is 5.73 Å². The molecule has 3 rings (SSSR count). The molecule has 0 radical (unpaired) electrons. The van der Waals surface area contributed by atoms with E-state index in [-0.39, 0.29) is 6.04 Å². The molecule has 20 heavy (non-hydrogen) atoms. The molecule has 0 spiro atoms. The van der Waals surface area contributed by atoms with Gasteiger partial charge in [-0.05, 0) is 30.7 Å². The van der Waals surface area contributed by atoms with Crippen LogP contribution in [0.5, 0.6) is 5.75 Å². The molecule has 0 saturated heterocycles. The highest BCUT2D eigenvalue weighted by atomic mass is 16.5. The highest BCUT2D eigenvalue weighted by molar-refractivity contribution is 5.92. The molecule has 3 aromatic rings. The van der Waals surface area contributed by atoms with Crippen molar-refractivity contribution in [1.82, 2.24) is 4.98 Å². The van der Waals surface area contributed by atoms with Crippen LogP contribution in [0.25, 0.3) is 22.2 Å². The molecular weight excluding hydrogens is 248 g/mol. The fraction of sp³-hybridized carbons (Fsp3) is 0.176. The third-order valence-corrected chi connectivity index (χ3v) is 3.56. The average molecular weight is 266 g/mol. The van der Waals surface area contributed by atoms with Crippen LogP contribution in [-0.2, 0) is 0 Å². The predicted molar refractivity (Wildman–Crippen MR) is 82.9 cm³/mol. The SMILES string of the molecule is COc1ccc2[nH]c(-c3ccccc3)c(C(C)N)c2c1. The topological polar surface area (TPSA) is 51.0 Å². The third-order valence-electron chi connectivity index (χ3n) is 3.56. The highest BCUT2D eigenvalue weighted by Gasteiger charge is 2.16. The Morgan fingerprint density at radius 1 is 1.10 bits per heavy atom. The first-order valence-electron chi connectivity index (χ1n) is 6.71. The van der Waals surface area contributed by atoms with E-state index >= 15 is 0 Å². The highest BCUT2D eigenvalue weighted by Crippen LogP contribution is 2.35. The maximum atomic E-state index is 6.19. The summed E-state index contributed by atoms with van der Waals surface area (Å²) in [4.78, 5) is 3.48. The number of rotatable bonds is 3. The molecule has 1 unspecified atom stereocenters. The van der Waals surface area contributed by atoms with Crippen molar-refractivity contribution in [3.8, 4) is 17.0 Å². The van der Waals surface area contributed by atoms with Crippen LogP contribution in [0.4, 0.5) is 0 Å². The number of methoxy groups -OCH3 is 1. The van der Waals surface area contributed by atoms with Gasteiger partial charge in [0.1, 0.15) is 5.75 Å². The summed E-state index contributed by atoms with van der Waals surface area (Å²) in [6.07, 6.45) is 0. The van der Waals surface area contributed by atoms with Crippen LogP contribution in [0.15, 0.2) is 48.5 Å². The predicted octanol–water partition coefficient (Wildman–Crippen LogP) is 3.86. The van der Waals surface area contributed by atoms with Gasteiger partial charge in [-0.3, -0.25) is 0 Å². The lowest BCUT2D eigenvalue weighted by atomic mass is 10.0. The molecule has 0 aliphatic rings. The summed E-state index contributed by atoms with van der Waals surface area (Å²) in [5.41, 5.74) is 10.6. The van der Waals surface area contributed by atoms with Crippen LogP contribution >= 0.6 is 0 Å². The third kappa shape index (κ3) is 2.06. The first-order valence-corrected chi connectivity index (χ1v) is 6.71. The molecule has 102 valence electrons. The largest absolute Gasteiger partial charge is 0.497 e. The lowest BCUT2D eigenvalue weighted by Crippen LogP contribution is -2.05. The van der Waals surface area contributed by atoms with Crippen molar-refractivity contribution in [2.75, 3.05) is 7.11 Å². The average Bonchev–Trinajstić information content (AvgIpc) is 2.86. The lowest BCUT2D eigenvalue weighted by Gasteiger charge is -2.09. The Kier molecular flexibility index (Phi) is 3.20. The fourth-order valence-corrected chi connectivity index (χ4v) is 2.62. The monoisotopic (exact) mass is 266 g/mol. The molecule has 0 bridgehead atoms. The number of H-pyrrole nitrogens is 1. The molecule has 0 aliphatic heterocycles. The Balaban J connectivity index is 2.29. The van der Waals surface area contributed by atoms with Gasteiger partial charge in [-0.1, -0.05) is 30.3 Å². The number of aromatic amines is 1. The second-order valence-electron chi connectivity index (χ2n) is 4.98. The number of aromatic nitrogens is 1. The number of hydrogen-bond donors (Lipinski definition) is 2. The van der Waals surface area contributed by atoms with E-state index in [0.29, 0.717) is 0 Å². The van der Waals surface area contributed by atoms with Gasteiger partial charge in [0.25, 0.3) is 0 Å². The smallest absolute Gasteiger partial charge is 0.119 e. The second-order valence-corrected chi connectivity index (χ2v) is 4.98. The minimum Gasteiger partial charge on any atom is -0.497 e. The maximum Gasteiger partial charge on any atom is 0.119 e. The maximum absolute atomic E-state index is 6.19. The number of ether oxygens (including phenoxy) is 1. The molecule has 3 heteroatoms. The number of nitrogens with two attached hydrogens (primary N) is 1. The molecule has 3 N–H and O–H groups in total. The normalized spacial score (nSPS) is 12.6. The summed E-state index contributed by atoms with van der Waals surface area (Å²) in [6.45, 7) is 2.01. The van der Waals surface area contributed by atoms with Gasteiger partial charge < -0.3 is 15.5 Å². The van der Waals surface area contributed by atoms with Crippen LogP contribution < -0.4 is 10.5 Å². The summed E-state index contributed by atoms with van der Waals surface area (Å²) >= 11 is 0. The molecule has 3 nitrogen and oxygen atoms in total. The van der Waals surface area contributed by atoms with Crippen LogP contribution in [0, 0.1) is 0 Å². The van der Waals surface area contributed by atoms with Crippen molar-refractivity contribution in [3.05, 3.63) is 54.1 Å². The molecular formula is C17H18N2O. The minimum atomic E-state index is -0.0499. The molecule has 0 amide bonds. The Hall–Kier alpha value is -2.26. The van der Waals surface area contributed by atoms with E-state index in [1.54, 1.807) is 7.11 Å². The van der Waals surface area contributed by atoms with Crippen molar-refractivity contribution in [1.29, 1.82) is 0 Å². The molecule has 0 saturated carbocycles. The van der Waals surface area contributed by atoms with Gasteiger partial charge in [0, 0.05) is 22.5 Å². The number of nitrogens with one attached hydrogen (secondary N) is 1. The van der Waals surface area contributed by atoms with Crippen molar-refractivity contribution >= 4 is 10.9 Å². The minimum absolute atomic E-state index is 0.0499. The van der Waals surface area contributed by atoms with Gasteiger partial charge in [-0.25, -0.2) is 0 Å². The van der Waals surface area contributed by atoms with Gasteiger partial charge >= 0.3 is 0 Å². The van der Waals surface area contributed by atoms with Gasteiger partial charge in [-0.15, -0.1) is 0 Å². The van der Waals surface area contributed by atoms with E-state index in [4.69, 9.17) is 10.5 Å². The molecule has 2 aromatic carbocycles. The summed E-state index contributed by atoms with van der Waals surface area (Å²) in [5.74, 6) is 0.845. The van der Waals surface area contributed by atoms with Crippen molar-refractivity contribution < 1.29 is 4.74 Å². The Morgan fingerprint density at radius 2 is 1.85 bits per heavy atom. The van der Waals surface area contributed by atoms with Crippen molar-refractivity contribution in [2.45, 2.75) is 13.0 Å². The van der Waals surface area contributed by atoms with E-state index in [9.17, 15) is 0 Å². The summed E-state index contributed by atoms with van der Waals surface area (Å²) in [5, 5.41) is 1.12. The Bertz CT molecular complexity index is 729. The van der Waals surface area contributed by atoms with Crippen LogP contribution in [0.3, 0.4) is 0 Å². The summed E-state index contributed by atoms with van der Waals surface area (Å²) < 4.78 is 5.32. The fourth-order valence-electron chi connectivity index (χ4n) is 2.62. The molecule has 1 aromatic heterocycles. The van der Waals surface area contributed by atoms with E-state index in [0.717, 1.165) is 33.5 Å². The Labute approximate surface area is 118 Å².